The Kier molecular flexibility index (Phi) is 24.0. The molecule has 0 atom stereocenters. The van der Waals surface area contributed by atoms with E-state index in [0.29, 0.717) is 67.8 Å². The minimum atomic E-state index is -0.152. The summed E-state index contributed by atoms with van der Waals surface area (Å²) < 4.78 is 14.1. The maximum absolute atomic E-state index is 12.3. The van der Waals surface area contributed by atoms with Gasteiger partial charge < -0.3 is 53.2 Å². The summed E-state index contributed by atoms with van der Waals surface area (Å²) in [5.74, 6) is 0.730. The van der Waals surface area contributed by atoms with Crippen molar-refractivity contribution in [3.05, 3.63) is 91.8 Å². The number of hydrogen-bond acceptors (Lipinski definition) is 6. The van der Waals surface area contributed by atoms with E-state index in [0.717, 1.165) is 12.8 Å². The quantitative estimate of drug-likeness (QED) is 0.203. The molecule has 0 fully saturated rings. The number of imidazole rings is 2. The molecular weight excluding hydrogens is 944 g/mol. The van der Waals surface area contributed by atoms with E-state index < -0.39 is 0 Å². The van der Waals surface area contributed by atoms with E-state index in [-0.39, 0.29) is 76.3 Å². The minimum absolute atomic E-state index is 0. The standard InChI is InChI=1S/2C15H16Cl3N3O2.2BrH.Cu/c2*1-2-4-20(15(22)21-5-3-19-10-21)6-7-23-14-12(17)8-11(16)9-13(14)18;;;/h2*3,5,8-10H,2,4,6-7H2,1H3;2*1H;/q;;;;+2/p-2. The van der Waals surface area contributed by atoms with Crippen molar-refractivity contribution in [2.24, 2.45) is 0 Å². The van der Waals surface area contributed by atoms with Gasteiger partial charge in [0.2, 0.25) is 0 Å². The zero-order valence-corrected chi connectivity index (χ0v) is 34.7. The molecule has 0 aliphatic heterocycles. The van der Waals surface area contributed by atoms with E-state index in [1.54, 1.807) is 58.9 Å². The molecule has 2 aromatic heterocycles. The van der Waals surface area contributed by atoms with Crippen LogP contribution in [0.2, 0.25) is 30.1 Å². The number of carbonyl (C=O) groups excluding carboxylic acids is 2. The predicted molar refractivity (Wildman–Crippen MR) is 184 cm³/mol. The SMILES string of the molecule is CCCN(CCOc1c(Cl)cc(Cl)cc1Cl)C(=O)n1ccnc1.CCCN(CCOc1c(Cl)cc(Cl)cc1Cl)C(=O)n1ccnc1.[Br-].[Br-].[Cu+2]. The van der Waals surface area contributed by atoms with Crippen molar-refractivity contribution in [3.8, 4) is 11.5 Å². The monoisotopic (exact) mass is 971 g/mol. The smallest absolute Gasteiger partial charge is 1.00 e. The van der Waals surface area contributed by atoms with Gasteiger partial charge in [-0.2, -0.15) is 0 Å². The van der Waals surface area contributed by atoms with E-state index in [4.69, 9.17) is 79.1 Å². The van der Waals surface area contributed by atoms with Crippen molar-refractivity contribution in [1.29, 1.82) is 0 Å². The Balaban J connectivity index is 0.000000886. The van der Waals surface area contributed by atoms with Crippen molar-refractivity contribution in [3.63, 3.8) is 0 Å². The molecular formula is C30H32Br2Cl6CuN6O4. The third-order valence-electron chi connectivity index (χ3n) is 6.12. The first kappa shape index (κ1) is 47.6. The van der Waals surface area contributed by atoms with Gasteiger partial charge in [-0.25, -0.2) is 19.6 Å². The van der Waals surface area contributed by atoms with Gasteiger partial charge in [0.15, 0.2) is 11.5 Å². The van der Waals surface area contributed by atoms with Crippen molar-refractivity contribution < 1.29 is 70.1 Å². The summed E-state index contributed by atoms with van der Waals surface area (Å²) >= 11 is 36.0. The van der Waals surface area contributed by atoms with Crippen LogP contribution in [0.15, 0.2) is 61.7 Å². The molecule has 0 unspecified atom stereocenters. The molecule has 4 rings (SSSR count). The Morgan fingerprint density at radius 2 is 0.959 bits per heavy atom. The van der Waals surface area contributed by atoms with Crippen LogP contribution in [-0.4, -0.2) is 80.4 Å². The summed E-state index contributed by atoms with van der Waals surface area (Å²) in [4.78, 5) is 35.8. The van der Waals surface area contributed by atoms with Crippen LogP contribution in [0.1, 0.15) is 26.7 Å². The summed E-state index contributed by atoms with van der Waals surface area (Å²) in [5.41, 5.74) is 0. The van der Waals surface area contributed by atoms with E-state index in [9.17, 15) is 9.59 Å². The second kappa shape index (κ2) is 24.7. The van der Waals surface area contributed by atoms with E-state index in [1.807, 2.05) is 13.8 Å². The molecule has 0 saturated heterocycles. The maximum Gasteiger partial charge on any atom is 2.00 e. The third kappa shape index (κ3) is 15.0. The Bertz CT molecular complexity index is 1410. The average Bonchev–Trinajstić information content (AvgIpc) is 3.74. The molecule has 19 heteroatoms. The van der Waals surface area contributed by atoms with E-state index >= 15 is 0 Å². The third-order valence-corrected chi connectivity index (χ3v) is 7.68. The summed E-state index contributed by atoms with van der Waals surface area (Å²) in [6.07, 6.45) is 11.0. The van der Waals surface area contributed by atoms with Crippen molar-refractivity contribution in [2.75, 3.05) is 39.4 Å². The molecule has 2 amide bonds. The van der Waals surface area contributed by atoms with Gasteiger partial charge in [-0.1, -0.05) is 83.5 Å². The van der Waals surface area contributed by atoms with Gasteiger partial charge in [0.05, 0.1) is 33.2 Å². The fourth-order valence-electron chi connectivity index (χ4n) is 4.07. The Morgan fingerprint density at radius 3 is 1.22 bits per heavy atom. The van der Waals surface area contributed by atoms with Crippen LogP contribution in [0.25, 0.3) is 0 Å². The Hall–Kier alpha value is -1.38. The summed E-state index contributed by atoms with van der Waals surface area (Å²) in [6.45, 7) is 6.57. The zero-order chi connectivity index (χ0) is 33.6. The Morgan fingerprint density at radius 1 is 0.633 bits per heavy atom. The molecule has 2 aromatic carbocycles. The van der Waals surface area contributed by atoms with Crippen LogP contribution < -0.4 is 43.4 Å². The molecule has 49 heavy (non-hydrogen) atoms. The Labute approximate surface area is 347 Å². The van der Waals surface area contributed by atoms with Gasteiger partial charge in [-0.05, 0) is 37.1 Å². The summed E-state index contributed by atoms with van der Waals surface area (Å²) in [7, 11) is 0. The molecule has 273 valence electrons. The van der Waals surface area contributed by atoms with Crippen LogP contribution in [0, 0.1) is 0 Å². The molecule has 4 aromatic rings. The molecule has 0 aliphatic rings. The van der Waals surface area contributed by atoms with Crippen molar-refractivity contribution in [1.82, 2.24) is 28.9 Å². The predicted octanol–water partition coefficient (Wildman–Crippen LogP) is 3.21. The zero-order valence-electron chi connectivity index (χ0n) is 26.1. The molecule has 0 N–H and O–H groups in total. The number of carbonyl (C=O) groups is 2. The number of halogens is 8. The van der Waals surface area contributed by atoms with Crippen LogP contribution in [-0.2, 0) is 17.1 Å². The van der Waals surface area contributed by atoms with Gasteiger partial charge in [0, 0.05) is 47.9 Å². The molecule has 0 spiro atoms. The number of hydrogen-bond donors (Lipinski definition) is 0. The van der Waals surface area contributed by atoms with Crippen LogP contribution >= 0.6 is 69.6 Å². The van der Waals surface area contributed by atoms with E-state index in [1.165, 1.54) is 21.8 Å². The van der Waals surface area contributed by atoms with Crippen molar-refractivity contribution in [2.45, 2.75) is 26.7 Å². The number of benzene rings is 2. The average molecular weight is 977 g/mol. The molecule has 0 aliphatic carbocycles. The second-order valence-electron chi connectivity index (χ2n) is 9.57. The fraction of sp³-hybridized carbons (Fsp3) is 0.333. The van der Waals surface area contributed by atoms with Crippen LogP contribution in [0.5, 0.6) is 11.5 Å². The first-order valence-corrected chi connectivity index (χ1v) is 16.4. The number of ether oxygens (including phenoxy) is 2. The topological polar surface area (TPSA) is 94.7 Å². The fourth-order valence-corrected chi connectivity index (χ4v) is 5.92. The number of aromatic nitrogens is 4. The van der Waals surface area contributed by atoms with Gasteiger partial charge >= 0.3 is 29.1 Å². The van der Waals surface area contributed by atoms with Gasteiger partial charge in [0.25, 0.3) is 0 Å². The van der Waals surface area contributed by atoms with Crippen LogP contribution in [0.4, 0.5) is 9.59 Å². The summed E-state index contributed by atoms with van der Waals surface area (Å²) in [5, 5.41) is 2.23. The first-order chi connectivity index (χ1) is 22.0. The van der Waals surface area contributed by atoms with Gasteiger partial charge in [0.1, 0.15) is 25.9 Å². The van der Waals surface area contributed by atoms with Gasteiger partial charge in [-0.15, -0.1) is 0 Å². The molecule has 0 bridgehead atoms. The number of amides is 2. The van der Waals surface area contributed by atoms with Gasteiger partial charge in [-0.3, -0.25) is 9.13 Å². The molecule has 2 heterocycles. The van der Waals surface area contributed by atoms with Crippen molar-refractivity contribution >= 4 is 81.7 Å². The maximum atomic E-state index is 12.3. The minimum Gasteiger partial charge on any atom is -1.00 e. The molecule has 10 nitrogen and oxygen atoms in total. The van der Waals surface area contributed by atoms with E-state index in [2.05, 4.69) is 9.97 Å². The largest absolute Gasteiger partial charge is 2.00 e. The number of nitrogens with zero attached hydrogens (tertiary/aromatic N) is 6. The normalized spacial score (nSPS) is 9.96. The second-order valence-corrected chi connectivity index (χ2v) is 12.1. The molecule has 0 saturated carbocycles. The molecule has 1 radical (unpaired) electrons. The van der Waals surface area contributed by atoms with Crippen LogP contribution in [0.3, 0.4) is 0 Å². The first-order valence-electron chi connectivity index (χ1n) is 14.1. The number of rotatable bonds is 12. The summed E-state index contributed by atoms with van der Waals surface area (Å²) in [6, 6.07) is 5.94.